The van der Waals surface area contributed by atoms with Crippen LogP contribution in [0.1, 0.15) is 254 Å². The summed E-state index contributed by atoms with van der Waals surface area (Å²) in [6.45, 7) is 48.0. The molecule has 20 atom stereocenters. The van der Waals surface area contributed by atoms with Crippen molar-refractivity contribution < 1.29 is 83.5 Å². The third-order valence-corrected chi connectivity index (χ3v) is 30.8. The van der Waals surface area contributed by atoms with E-state index < -0.39 is 41.9 Å². The summed E-state index contributed by atoms with van der Waals surface area (Å²) >= 11 is 0. The fourth-order valence-corrected chi connectivity index (χ4v) is 25.5. The number of carbonyl (C=O) groups excluding carboxylic acids is 6. The van der Waals surface area contributed by atoms with E-state index in [1.807, 2.05) is 0 Å². The van der Waals surface area contributed by atoms with Crippen LogP contribution in [0.15, 0.2) is 34.6 Å². The first-order chi connectivity index (χ1) is 48.1. The monoisotopic (exact) mass is 1540 g/mol. The highest BCUT2D eigenvalue weighted by atomic mass is 35.7. The van der Waals surface area contributed by atoms with Gasteiger partial charge in [0.05, 0.1) is 50.4 Å². The molecule has 1 N–H and O–H groups in total. The summed E-state index contributed by atoms with van der Waals surface area (Å²) in [7, 11) is -2.31. The Labute approximate surface area is 635 Å². The number of oxime groups is 2. The third kappa shape index (κ3) is 18.0. The van der Waals surface area contributed by atoms with Crippen LogP contribution in [0, 0.1) is 113 Å². The Bertz CT molecular complexity index is 3480. The molecule has 0 spiro atoms. The zero-order chi connectivity index (χ0) is 78.0. The molecule has 24 heteroatoms. The first kappa shape index (κ1) is 89.6. The van der Waals surface area contributed by atoms with Crippen molar-refractivity contribution in [3.8, 4) is 0 Å². The van der Waals surface area contributed by atoms with E-state index in [0.717, 1.165) is 151 Å². The second-order valence-corrected chi connectivity index (χ2v) is 40.0. The summed E-state index contributed by atoms with van der Waals surface area (Å²) in [5.41, 5.74) is 2.18. The highest BCUT2D eigenvalue weighted by Crippen LogP contribution is 2.80. The molecule has 0 aromatic heterocycles. The van der Waals surface area contributed by atoms with Gasteiger partial charge < -0.3 is 38.6 Å². The van der Waals surface area contributed by atoms with E-state index in [1.165, 1.54) is 61.2 Å². The number of aliphatic hydroxyl groups is 1. The molecule has 10 aliphatic carbocycles. The van der Waals surface area contributed by atoms with Crippen LogP contribution in [0.5, 0.6) is 0 Å². The second kappa shape index (κ2) is 34.1. The van der Waals surface area contributed by atoms with Gasteiger partial charge in [-0.1, -0.05) is 107 Å². The van der Waals surface area contributed by atoms with Crippen molar-refractivity contribution in [1.29, 1.82) is 0 Å². The minimum absolute atomic E-state index is 0. The van der Waals surface area contributed by atoms with Gasteiger partial charge in [-0.3, -0.25) is 23.4 Å². The van der Waals surface area contributed by atoms with Gasteiger partial charge in [0.1, 0.15) is 13.2 Å². The average molecular weight is 1540 g/mol. The molecule has 10 rings (SSSR count). The molecule has 0 aliphatic heterocycles. The average Bonchev–Trinajstić information content (AvgIpc) is 1.65. The van der Waals surface area contributed by atoms with Crippen LogP contribution in [0.4, 0.5) is 0 Å². The van der Waals surface area contributed by atoms with Gasteiger partial charge in [-0.15, -0.1) is 0 Å². The molecule has 0 saturated heterocycles. The highest BCUT2D eigenvalue weighted by Gasteiger charge is 2.74. The lowest BCUT2D eigenvalue weighted by Crippen LogP contribution is -2.67. The summed E-state index contributed by atoms with van der Waals surface area (Å²) in [4.78, 5) is 84.4. The molecule has 0 bridgehead atoms. The second-order valence-electron chi connectivity index (χ2n) is 35.3. The van der Waals surface area contributed by atoms with Crippen molar-refractivity contribution in [2.45, 2.75) is 254 Å². The molecule has 21 nitrogen and oxygen atoms in total. The minimum atomic E-state index is -3.62. The maximum Gasteiger partial charge on any atom is 0.331 e. The Hall–Kier alpha value is -4.29. The fourth-order valence-electron chi connectivity index (χ4n) is 25.1. The number of ether oxygens (including phenoxy) is 4. The number of esters is 4. The van der Waals surface area contributed by atoms with Gasteiger partial charge in [-0.05, 0) is 251 Å². The van der Waals surface area contributed by atoms with E-state index >= 15 is 0 Å². The normalized spacial score (nSPS) is 39.8. The molecule has 0 aromatic rings. The lowest BCUT2D eigenvalue weighted by atomic mass is 9.32. The predicted octanol–water partition coefficient (Wildman–Crippen LogP) is 15.4. The Kier molecular flexibility index (Phi) is 29.1. The van der Waals surface area contributed by atoms with Crippen LogP contribution < -0.4 is 0 Å². The molecule has 600 valence electrons. The number of rotatable bonds is 19. The quantitative estimate of drug-likeness (QED) is 0.0239. The smallest absolute Gasteiger partial charge is 0.331 e. The highest BCUT2D eigenvalue weighted by molar-refractivity contribution is 8.13. The zero-order valence-electron chi connectivity index (χ0n) is 66.6. The van der Waals surface area contributed by atoms with Gasteiger partial charge in [-0.2, -0.15) is 8.42 Å². The van der Waals surface area contributed by atoms with E-state index in [4.69, 9.17) is 32.8 Å². The molecule has 0 aromatic carbocycles. The van der Waals surface area contributed by atoms with Gasteiger partial charge in [0.25, 0.3) is 10.1 Å². The van der Waals surface area contributed by atoms with Crippen LogP contribution in [0.2, 0.25) is 0 Å². The Morgan fingerprint density at radius 3 is 1.12 bits per heavy atom. The van der Waals surface area contributed by atoms with Crippen molar-refractivity contribution in [1.82, 2.24) is 4.90 Å². The van der Waals surface area contributed by atoms with Gasteiger partial charge in [0.2, 0.25) is 9.05 Å². The van der Waals surface area contributed by atoms with E-state index in [2.05, 4.69) is 115 Å². The van der Waals surface area contributed by atoms with E-state index in [9.17, 15) is 50.7 Å². The van der Waals surface area contributed by atoms with Gasteiger partial charge in [-0.25, -0.2) is 18.0 Å². The molecule has 0 amide bonds. The van der Waals surface area contributed by atoms with Gasteiger partial charge in [0.15, 0.2) is 0 Å². The first-order valence-electron chi connectivity index (χ1n) is 38.6. The van der Waals surface area contributed by atoms with Crippen LogP contribution in [0.25, 0.3) is 0 Å². The number of hydrogen-bond donors (Lipinski definition) is 1. The summed E-state index contributed by atoms with van der Waals surface area (Å²) in [5, 5.41) is 18.9. The van der Waals surface area contributed by atoms with Gasteiger partial charge in [0, 0.05) is 73.9 Å². The molecule has 0 unspecified atom stereocenters. The molecule has 10 aliphatic rings. The molecule has 10 saturated carbocycles. The Morgan fingerprint density at radius 2 is 0.819 bits per heavy atom. The van der Waals surface area contributed by atoms with Crippen LogP contribution in [-0.4, -0.2) is 146 Å². The summed E-state index contributed by atoms with van der Waals surface area (Å²) in [5.74, 6) is 0.939. The molecular weight excluding hydrogens is 1400 g/mol. The Morgan fingerprint density at radius 1 is 0.476 bits per heavy atom. The molecule has 0 radical (unpaired) electrons. The standard InChI is InChI=1S/C37H57NO9S.C36H55NO7.C6H15N.CH3ClO2S.CH4/c1-23(20-46-48(9,42)43)27-12-17-37(22-45-25(3)40)19-18-35(7)28(32(27)37)10-11-30-33(5)15-14-31(38-47-26(4)41)34(6,21-44-24(2)39)29(33)13-16-36(30,35)8;1-22(19-38)26-11-16-36(21-43-24(3)40)18-17-34(7)27(31(26)36)9-10-29-32(5)14-13-30(37-44-25(4)41)33(6,20-42-23(2)39)28(32)12-15-35(29,34)8;1-4-7(5-2)6-3;1-5(2,3)4;/h27-30,32H,1,10-22H2,2-9H3;26-29,31,38H,1,9-21H2,2-8H3;4-6H2,1-3H3;1H3;1H4/t27-,28+,29+,30+,32+,33-,34-,35+,36+,37+;26-,27+,28+,29+,31+,32-,33-,34+,35+,36+;;;/m00.../s1. The first-order valence-corrected chi connectivity index (χ1v) is 43.1. The maximum absolute atomic E-state index is 12.1. The van der Waals surface area contributed by atoms with Crippen LogP contribution >= 0.6 is 10.7 Å². The molecular formula is C81H134ClN3O18S2. The van der Waals surface area contributed by atoms with Crippen molar-refractivity contribution >= 4 is 77.1 Å². The van der Waals surface area contributed by atoms with Crippen molar-refractivity contribution in [2.75, 3.05) is 71.8 Å². The van der Waals surface area contributed by atoms with Crippen molar-refractivity contribution in [2.24, 2.45) is 124 Å². The number of fused-ring (bicyclic) bond motifs is 14. The Balaban J connectivity index is 0.000000283. The van der Waals surface area contributed by atoms with E-state index in [0.29, 0.717) is 55.6 Å². The minimum Gasteiger partial charge on any atom is -0.465 e. The number of hydrogen-bond acceptors (Lipinski definition) is 21. The molecule has 0 heterocycles. The number of halogens is 1. The summed E-state index contributed by atoms with van der Waals surface area (Å²) in [6, 6.07) is 0. The topological polar surface area (TPSA) is 283 Å². The van der Waals surface area contributed by atoms with Crippen LogP contribution in [-0.2, 0) is 80.7 Å². The zero-order valence-corrected chi connectivity index (χ0v) is 69.0. The summed E-state index contributed by atoms with van der Waals surface area (Å²) in [6.07, 6.45) is 21.4. The maximum atomic E-state index is 12.1. The number of aliphatic hydroxyl groups excluding tert-OH is 1. The van der Waals surface area contributed by atoms with Crippen molar-refractivity contribution in [3.05, 3.63) is 24.3 Å². The van der Waals surface area contributed by atoms with Crippen molar-refractivity contribution in [3.63, 3.8) is 0 Å². The number of nitrogens with zero attached hydrogens (tertiary/aromatic N) is 3. The molecule has 105 heavy (non-hydrogen) atoms. The molecule has 10 fully saturated rings. The van der Waals surface area contributed by atoms with E-state index in [-0.39, 0.29) is 131 Å². The largest absolute Gasteiger partial charge is 0.465 e. The predicted molar refractivity (Wildman–Crippen MR) is 409 cm³/mol. The summed E-state index contributed by atoms with van der Waals surface area (Å²) < 4.78 is 70.9. The van der Waals surface area contributed by atoms with Gasteiger partial charge >= 0.3 is 35.8 Å². The van der Waals surface area contributed by atoms with E-state index in [1.54, 1.807) is 0 Å². The number of carbonyl (C=O) groups is 6. The van der Waals surface area contributed by atoms with Crippen LogP contribution in [0.3, 0.4) is 0 Å². The SMILES string of the molecule is C.C=C(CO)[C@@H]1CC[C@]2(COC(C)=O)CC[C@]3(C)[C@H](CC[C@@H]4[C@@]5(C)CCC(=NOC(C)=O)[C@@](C)(COC(C)=O)[C@@H]5CC[C@]43C)[C@@H]12.C=C(COS(C)(=O)=O)[C@@H]1CC[C@]2(COC(C)=O)CC[C@]3(C)[C@H](CC[C@@H]4[C@@]5(C)CCC(=NOC(C)=O)[C@@](C)(COC(C)=O)[C@@H]5CC[C@]43C)[C@@H]12.CCN(CC)CC.CS(=O)(=O)Cl. The lowest BCUT2D eigenvalue weighted by molar-refractivity contribution is -0.234. The lowest BCUT2D eigenvalue weighted by Gasteiger charge is -2.72. The fraction of sp³-hybridized carbons (Fsp3) is 0.852. The third-order valence-electron chi connectivity index (χ3n) is 30.3.